The van der Waals surface area contributed by atoms with Gasteiger partial charge in [0, 0.05) is 24.0 Å². The van der Waals surface area contributed by atoms with Crippen molar-refractivity contribution in [3.8, 4) is 11.5 Å². The molecule has 10 nitrogen and oxygen atoms in total. The molecule has 0 radical (unpaired) electrons. The number of benzene rings is 2. The van der Waals surface area contributed by atoms with E-state index in [0.717, 1.165) is 13.0 Å². The van der Waals surface area contributed by atoms with Crippen molar-refractivity contribution in [2.24, 2.45) is 0 Å². The summed E-state index contributed by atoms with van der Waals surface area (Å²) in [5.41, 5.74) is 3.23. The van der Waals surface area contributed by atoms with Crippen LogP contribution in [0.2, 0.25) is 5.02 Å². The number of nitrogens with zero attached hydrogens (tertiary/aromatic N) is 3. The van der Waals surface area contributed by atoms with Crippen molar-refractivity contribution in [3.05, 3.63) is 52.7 Å². The van der Waals surface area contributed by atoms with Gasteiger partial charge in [-0.15, -0.1) is 0 Å². The smallest absolute Gasteiger partial charge is 0.488 e. The zero-order valence-corrected chi connectivity index (χ0v) is 23.9. The molecule has 0 saturated heterocycles. The lowest BCUT2D eigenvalue weighted by Gasteiger charge is -2.33. The number of anilines is 4. The standard InChI is InChI=1S/C24H28ClFN5O5PS/c1-14-17-12-19(21(35-3)10-15(17)8-9-31(14)2)29-24-27-13-18(25)23(30-24)28-20-11-16(36-38(26,33)34)6-7-22(20)37(4,5)32/h6-7,10-14H,8-9H2,1-5H3,(H2,27,28,29,30). The molecule has 2 heterocycles. The molecular weight excluding hydrogens is 556 g/mol. The van der Waals surface area contributed by atoms with E-state index < -0.39 is 17.6 Å². The van der Waals surface area contributed by atoms with Gasteiger partial charge in [-0.3, -0.25) is 4.90 Å². The van der Waals surface area contributed by atoms with Crippen LogP contribution in [-0.2, 0) is 21.5 Å². The van der Waals surface area contributed by atoms with Gasteiger partial charge >= 0.3 is 10.5 Å². The molecule has 0 fully saturated rings. The molecule has 0 bridgehead atoms. The fourth-order valence-electron chi connectivity index (χ4n) is 4.25. The van der Waals surface area contributed by atoms with Crippen LogP contribution in [0.15, 0.2) is 36.5 Å². The molecule has 38 heavy (non-hydrogen) atoms. The second kappa shape index (κ2) is 10.7. The number of ether oxygens (including phenoxy) is 1. The largest absolute Gasteiger partial charge is 0.495 e. The third kappa shape index (κ3) is 6.37. The van der Waals surface area contributed by atoms with E-state index in [1.165, 1.54) is 48.9 Å². The van der Waals surface area contributed by atoms with Crippen LogP contribution in [0.1, 0.15) is 24.1 Å². The van der Waals surface area contributed by atoms with Crippen molar-refractivity contribution in [1.29, 1.82) is 0 Å². The molecule has 2 aromatic carbocycles. The maximum atomic E-state index is 13.1. The van der Waals surface area contributed by atoms with Gasteiger partial charge in [0.25, 0.3) is 0 Å². The van der Waals surface area contributed by atoms with E-state index in [9.17, 15) is 16.9 Å². The molecule has 1 aromatic heterocycles. The summed E-state index contributed by atoms with van der Waals surface area (Å²) in [6.45, 7) is 6.16. The van der Waals surface area contributed by atoms with Gasteiger partial charge in [-0.2, -0.15) is 13.4 Å². The lowest BCUT2D eigenvalue weighted by molar-refractivity contribution is 0.247. The van der Waals surface area contributed by atoms with Gasteiger partial charge in [0.05, 0.1) is 24.7 Å². The maximum Gasteiger partial charge on any atom is 0.488 e. The zero-order chi connectivity index (χ0) is 27.8. The summed E-state index contributed by atoms with van der Waals surface area (Å²) in [5, 5.41) is 6.64. The van der Waals surface area contributed by atoms with E-state index in [1.807, 2.05) is 12.1 Å². The SMILES string of the molecule is COc1cc2c(cc1Nc1ncc(Cl)c(Nc3cc(OS(=O)(=O)F)ccc3P(C)(C)=O)n1)C(C)N(C)CC2. The monoisotopic (exact) mass is 583 g/mol. The van der Waals surface area contributed by atoms with Gasteiger partial charge in [0.1, 0.15) is 23.7 Å². The molecule has 1 aliphatic rings. The highest BCUT2D eigenvalue weighted by Gasteiger charge is 2.24. The Morgan fingerprint density at radius 2 is 1.92 bits per heavy atom. The molecule has 4 rings (SSSR count). The second-order valence-electron chi connectivity index (χ2n) is 9.30. The number of fused-ring (bicyclic) bond motifs is 1. The van der Waals surface area contributed by atoms with Gasteiger partial charge in [-0.1, -0.05) is 15.5 Å². The third-order valence-corrected chi connectivity index (χ3v) is 8.51. The van der Waals surface area contributed by atoms with Crippen LogP contribution in [0.3, 0.4) is 0 Å². The number of hydrogen-bond donors (Lipinski definition) is 2. The molecule has 0 amide bonds. The van der Waals surface area contributed by atoms with Gasteiger partial charge in [-0.25, -0.2) is 4.98 Å². The topological polar surface area (TPSA) is 123 Å². The minimum Gasteiger partial charge on any atom is -0.495 e. The molecule has 2 N–H and O–H groups in total. The van der Waals surface area contributed by atoms with Crippen LogP contribution >= 0.6 is 18.7 Å². The summed E-state index contributed by atoms with van der Waals surface area (Å²) in [6, 6.07) is 8.06. The highest BCUT2D eigenvalue weighted by Crippen LogP contribution is 2.41. The van der Waals surface area contributed by atoms with E-state index >= 15 is 0 Å². The molecule has 0 spiro atoms. The Bertz CT molecular complexity index is 1530. The highest BCUT2D eigenvalue weighted by molar-refractivity contribution is 7.81. The summed E-state index contributed by atoms with van der Waals surface area (Å²) < 4.78 is 57.9. The summed E-state index contributed by atoms with van der Waals surface area (Å²) in [6.07, 6.45) is 2.29. The fourth-order valence-corrected chi connectivity index (χ4v) is 5.86. The number of rotatable bonds is 8. The lowest BCUT2D eigenvalue weighted by Crippen LogP contribution is -2.30. The first-order valence-corrected chi connectivity index (χ1v) is 15.8. The Labute approximate surface area is 226 Å². The van der Waals surface area contributed by atoms with Gasteiger partial charge in [0.15, 0.2) is 5.82 Å². The zero-order valence-electron chi connectivity index (χ0n) is 21.4. The Morgan fingerprint density at radius 3 is 2.58 bits per heavy atom. The lowest BCUT2D eigenvalue weighted by atomic mass is 9.93. The summed E-state index contributed by atoms with van der Waals surface area (Å²) in [4.78, 5) is 11.0. The van der Waals surface area contributed by atoms with E-state index in [4.69, 9.17) is 16.3 Å². The van der Waals surface area contributed by atoms with Crippen LogP contribution in [0.5, 0.6) is 11.5 Å². The number of hydrogen-bond acceptors (Lipinski definition) is 10. The molecule has 1 aliphatic heterocycles. The van der Waals surface area contributed by atoms with Crippen molar-refractivity contribution in [3.63, 3.8) is 0 Å². The Kier molecular flexibility index (Phi) is 7.90. The normalized spacial score (nSPS) is 16.0. The Balaban J connectivity index is 1.70. The van der Waals surface area contributed by atoms with Crippen molar-refractivity contribution in [2.45, 2.75) is 19.4 Å². The molecule has 204 valence electrons. The quantitative estimate of drug-likeness (QED) is 0.276. The van der Waals surface area contributed by atoms with Crippen LogP contribution < -0.4 is 24.9 Å². The van der Waals surface area contributed by atoms with Crippen molar-refractivity contribution in [1.82, 2.24) is 14.9 Å². The third-order valence-electron chi connectivity index (χ3n) is 6.29. The molecule has 0 aliphatic carbocycles. The number of likely N-dealkylation sites (N-methyl/N-ethyl adjacent to an activating group) is 1. The van der Waals surface area contributed by atoms with Crippen molar-refractivity contribution >= 4 is 57.7 Å². The molecule has 3 aromatic rings. The van der Waals surface area contributed by atoms with Gasteiger partial charge in [0.2, 0.25) is 5.95 Å². The van der Waals surface area contributed by atoms with Crippen LogP contribution in [0.25, 0.3) is 0 Å². The second-order valence-corrected chi connectivity index (χ2v) is 13.8. The van der Waals surface area contributed by atoms with Gasteiger partial charge in [-0.05, 0) is 69.1 Å². The van der Waals surface area contributed by atoms with Crippen molar-refractivity contribution < 1.29 is 25.8 Å². The minimum absolute atomic E-state index is 0.139. The number of aromatic nitrogens is 2. The minimum atomic E-state index is -5.26. The summed E-state index contributed by atoms with van der Waals surface area (Å²) >= 11 is 6.35. The first-order chi connectivity index (χ1) is 17.7. The summed E-state index contributed by atoms with van der Waals surface area (Å²) in [5.74, 6) is 0.659. The first kappa shape index (κ1) is 28.1. The van der Waals surface area contributed by atoms with Crippen LogP contribution in [0.4, 0.5) is 27.0 Å². The van der Waals surface area contributed by atoms with E-state index in [-0.39, 0.29) is 34.3 Å². The molecule has 1 atom stereocenters. The van der Waals surface area contributed by atoms with Crippen molar-refractivity contribution in [2.75, 3.05) is 44.7 Å². The molecule has 14 heteroatoms. The number of halogens is 2. The Morgan fingerprint density at radius 1 is 1.18 bits per heavy atom. The van der Waals surface area contributed by atoms with E-state index in [0.29, 0.717) is 16.7 Å². The Hall–Kier alpha value is -2.92. The van der Waals surface area contributed by atoms with E-state index in [1.54, 1.807) is 7.11 Å². The average Bonchev–Trinajstić information content (AvgIpc) is 2.82. The number of nitrogens with one attached hydrogen (secondary N) is 2. The predicted molar refractivity (Wildman–Crippen MR) is 148 cm³/mol. The van der Waals surface area contributed by atoms with Crippen LogP contribution in [0, 0.1) is 0 Å². The molecule has 0 saturated carbocycles. The molecule has 1 unspecified atom stereocenters. The van der Waals surface area contributed by atoms with E-state index in [2.05, 4.69) is 43.7 Å². The van der Waals surface area contributed by atoms with Crippen LogP contribution in [-0.4, -0.2) is 57.3 Å². The maximum absolute atomic E-state index is 13.1. The molecular formula is C24H28ClFN5O5PS. The average molecular weight is 584 g/mol. The number of methoxy groups -OCH3 is 1. The first-order valence-electron chi connectivity index (χ1n) is 11.6. The highest BCUT2D eigenvalue weighted by atomic mass is 35.5. The fraction of sp³-hybridized carbons (Fsp3) is 0.333. The predicted octanol–water partition coefficient (Wildman–Crippen LogP) is 5.02. The van der Waals surface area contributed by atoms with Gasteiger partial charge < -0.3 is 24.1 Å². The summed E-state index contributed by atoms with van der Waals surface area (Å²) in [7, 11) is -4.46.